The Morgan fingerprint density at radius 2 is 0.368 bits per heavy atom. The SMILES string of the molecule is Cc1cc(C(c2cc(C)c(O)cc2C)c2cc(C3(c4cc(C)c(OCC(=O)O)c(C(c5cc(C)c(O)cc5C)c5cc(C)c(O)cc5C)c4)CCC(C4CCC(c5cc(C)c(OCC(=O)O)c(C(c6cc(C)c(O)cc6C)c6cc(C)c(O)cc6C)c5)(c5cc(C)c(OCC(=O)O)c(C(c6cc(C)c(O)cc6C)c6cc(C)c(O)cc6C)c5)CC4)CC3)cc(C)c2OCC(=O)O)c(C)cc1O. The Kier molecular flexibility index (Phi) is 28.0. The highest BCUT2D eigenvalue weighted by Gasteiger charge is 2.48. The molecular weight excluding hydrogens is 1710 g/mol. The number of phenolic OH excluding ortho intramolecular Hbond substituents is 8. The van der Waals surface area contributed by atoms with Crippen LogP contribution >= 0.6 is 0 Å². The normalized spacial score (nSPS) is 14.0. The van der Waals surface area contributed by atoms with Crippen molar-refractivity contribution in [3.8, 4) is 69.0 Å². The van der Waals surface area contributed by atoms with Gasteiger partial charge in [0.15, 0.2) is 26.4 Å². The molecule has 12 N–H and O–H groups in total. The lowest BCUT2D eigenvalue weighted by Crippen LogP contribution is -2.39. The first-order valence-corrected chi connectivity index (χ1v) is 46.6. The Morgan fingerprint density at radius 3 is 0.507 bits per heavy atom. The van der Waals surface area contributed by atoms with Crippen molar-refractivity contribution in [3.05, 3.63) is 346 Å². The van der Waals surface area contributed by atoms with Crippen LogP contribution in [-0.2, 0) is 30.0 Å². The fourth-order valence-electron chi connectivity index (χ4n) is 22.3. The van der Waals surface area contributed by atoms with Gasteiger partial charge in [0.05, 0.1) is 0 Å². The second-order valence-corrected chi connectivity index (χ2v) is 39.1. The average molecular weight is 1840 g/mol. The Hall–Kier alpha value is -13.9. The maximum Gasteiger partial charge on any atom is 0.341 e. The van der Waals surface area contributed by atoms with Gasteiger partial charge < -0.3 is 80.2 Å². The molecule has 14 rings (SSSR count). The van der Waals surface area contributed by atoms with Gasteiger partial charge in [0.25, 0.3) is 0 Å². The number of rotatable bonds is 29. The van der Waals surface area contributed by atoms with E-state index in [0.717, 1.165) is 111 Å². The lowest BCUT2D eigenvalue weighted by Gasteiger charge is -2.48. The van der Waals surface area contributed by atoms with Crippen molar-refractivity contribution >= 4 is 23.9 Å². The minimum atomic E-state index is -1.20. The molecule has 0 saturated heterocycles. The van der Waals surface area contributed by atoms with Gasteiger partial charge in [-0.05, 0) is 428 Å². The van der Waals surface area contributed by atoms with Crippen LogP contribution in [0, 0.1) is 150 Å². The first kappa shape index (κ1) is 98.1. The minimum absolute atomic E-state index is 0.0457. The number of hydrogen-bond acceptors (Lipinski definition) is 16. The first-order chi connectivity index (χ1) is 64.2. The van der Waals surface area contributed by atoms with E-state index in [2.05, 4.69) is 48.5 Å². The lowest BCUT2D eigenvalue weighted by atomic mass is 9.56. The zero-order valence-electron chi connectivity index (χ0n) is 81.4. The number of aliphatic carboxylic acids is 4. The molecule has 2 saturated carbocycles. The molecule has 2 fully saturated rings. The molecule has 0 heterocycles. The van der Waals surface area contributed by atoms with E-state index in [0.29, 0.717) is 163 Å². The van der Waals surface area contributed by atoms with E-state index in [4.69, 9.17) is 18.9 Å². The molecule has 0 bridgehead atoms. The highest BCUT2D eigenvalue weighted by atomic mass is 16.5. The Labute approximate surface area is 796 Å². The van der Waals surface area contributed by atoms with Gasteiger partial charge in [0.2, 0.25) is 0 Å². The van der Waals surface area contributed by atoms with Crippen molar-refractivity contribution in [2.24, 2.45) is 11.8 Å². The van der Waals surface area contributed by atoms with Crippen molar-refractivity contribution < 1.29 is 99.4 Å². The number of phenols is 8. The summed E-state index contributed by atoms with van der Waals surface area (Å²) in [6, 6.07) is 46.5. The van der Waals surface area contributed by atoms with E-state index in [1.165, 1.54) is 0 Å². The van der Waals surface area contributed by atoms with Crippen LogP contribution < -0.4 is 18.9 Å². The summed E-state index contributed by atoms with van der Waals surface area (Å²) in [6.45, 7) is 35.0. The van der Waals surface area contributed by atoms with Crippen LogP contribution in [0.1, 0.15) is 275 Å². The third-order valence-corrected chi connectivity index (χ3v) is 29.6. The number of carboxylic acid groups (broad SMARTS) is 4. The van der Waals surface area contributed by atoms with Crippen LogP contribution in [0.2, 0.25) is 0 Å². The number of benzene rings is 12. The second kappa shape index (κ2) is 38.8. The quantitative estimate of drug-likeness (QED) is 0.0194. The lowest BCUT2D eigenvalue weighted by molar-refractivity contribution is -0.140. The number of hydrogen-bond donors (Lipinski definition) is 12. The van der Waals surface area contributed by atoms with Crippen molar-refractivity contribution in [1.29, 1.82) is 0 Å². The molecule has 0 radical (unpaired) electrons. The molecule has 2 aliphatic rings. The summed E-state index contributed by atoms with van der Waals surface area (Å²) >= 11 is 0. The van der Waals surface area contributed by atoms with Gasteiger partial charge in [-0.25, -0.2) is 19.2 Å². The predicted octanol–water partition coefficient (Wildman–Crippen LogP) is 23.7. The van der Waals surface area contributed by atoms with Crippen molar-refractivity contribution in [3.63, 3.8) is 0 Å². The molecule has 12 aromatic carbocycles. The van der Waals surface area contributed by atoms with Crippen LogP contribution in [0.15, 0.2) is 146 Å². The largest absolute Gasteiger partial charge is 0.508 e. The number of aromatic hydroxyl groups is 8. The molecule has 136 heavy (non-hydrogen) atoms. The summed E-state index contributed by atoms with van der Waals surface area (Å²) in [6.07, 6.45) is 4.66. The average Bonchev–Trinajstić information content (AvgIpc) is 0.723. The molecule has 0 unspecified atom stereocenters. The highest BCUT2D eigenvalue weighted by Crippen LogP contribution is 2.60. The second-order valence-electron chi connectivity index (χ2n) is 39.1. The van der Waals surface area contributed by atoms with Crippen LogP contribution in [0.3, 0.4) is 0 Å². The van der Waals surface area contributed by atoms with Gasteiger partial charge in [0, 0.05) is 56.8 Å². The first-order valence-electron chi connectivity index (χ1n) is 46.6. The molecular formula is C116H126O20. The molecule has 0 amide bonds. The van der Waals surface area contributed by atoms with Gasteiger partial charge in [-0.2, -0.15) is 0 Å². The van der Waals surface area contributed by atoms with Crippen LogP contribution in [0.25, 0.3) is 0 Å². The summed E-state index contributed by atoms with van der Waals surface area (Å²) in [5, 5.41) is 134. The summed E-state index contributed by atoms with van der Waals surface area (Å²) in [5.74, 6) is -5.55. The highest BCUT2D eigenvalue weighted by molar-refractivity contribution is 5.74. The molecule has 0 aromatic heterocycles. The maximum atomic E-state index is 13.0. The molecule has 0 aliphatic heterocycles. The zero-order chi connectivity index (χ0) is 98.8. The summed E-state index contributed by atoms with van der Waals surface area (Å²) < 4.78 is 26.5. The topological polar surface area (TPSA) is 348 Å². The summed E-state index contributed by atoms with van der Waals surface area (Å²) in [5.41, 5.74) is 23.6. The van der Waals surface area contributed by atoms with Gasteiger partial charge in [-0.1, -0.05) is 97.1 Å². The minimum Gasteiger partial charge on any atom is -0.508 e. The molecule has 12 aromatic rings. The third kappa shape index (κ3) is 19.2. The van der Waals surface area contributed by atoms with E-state index in [9.17, 15) is 80.5 Å². The van der Waals surface area contributed by atoms with E-state index < -0.39 is 84.8 Å². The van der Waals surface area contributed by atoms with Crippen LogP contribution in [0.4, 0.5) is 0 Å². The van der Waals surface area contributed by atoms with Crippen molar-refractivity contribution in [1.82, 2.24) is 0 Å². The van der Waals surface area contributed by atoms with Gasteiger partial charge in [-0.3, -0.25) is 0 Å². The monoisotopic (exact) mass is 1840 g/mol. The fraction of sp³-hybridized carbons (Fsp3) is 0.345. The number of aryl methyl sites for hydroxylation is 20. The molecule has 20 heteroatoms. The zero-order valence-corrected chi connectivity index (χ0v) is 81.4. The Balaban J connectivity index is 1.02. The molecule has 0 spiro atoms. The molecule has 20 nitrogen and oxygen atoms in total. The Bertz CT molecular complexity index is 5770. The standard InChI is InChI=1S/C116H126O20/c1-57-41-95(117)65(9)33-83(57)107(84-34-66(10)96(118)42-58(84)2)91-49-79(29-73(17)111(91)133-53-103(125)126)115(80-30-74(18)112(134-54-104(127)128)92(50-80)108(85-35-67(11)97(119)43-59(85)3)86-36-68(12)98(120)44-60(86)4)25-21-77(22-26-115)78-23-27-116(28-24-78,81-31-75(19)113(135-55-105(129)130)93(51-81)109(87-37-69(13)99(121)45-61(87)5)88-38-70(14)100(122)46-62(88)6)82-32-76(20)114(136-56-106(131)132)94(52-82)110(89-39-71(15)101(123)47-63(89)7)90-40-72(16)102(124)48-64(90)8/h29-52,77-78,107-110,117-124H,21-28,53-56H2,1-20H3,(H,125,126)(H,127,128)(H,129,130)(H,131,132). The van der Waals surface area contributed by atoms with Crippen LogP contribution in [0.5, 0.6) is 69.0 Å². The number of ether oxygens (including phenoxy) is 4. The molecule has 710 valence electrons. The van der Waals surface area contributed by atoms with Crippen molar-refractivity contribution in [2.45, 2.75) is 224 Å². The number of carbonyl (C=O) groups is 4. The maximum absolute atomic E-state index is 13.0. The van der Waals surface area contributed by atoms with Gasteiger partial charge >= 0.3 is 23.9 Å². The van der Waals surface area contributed by atoms with E-state index in [-0.39, 0.29) is 57.8 Å². The molecule has 2 aliphatic carbocycles. The van der Waals surface area contributed by atoms with E-state index in [1.807, 2.05) is 187 Å². The number of carboxylic acids is 4. The summed E-state index contributed by atoms with van der Waals surface area (Å²) in [4.78, 5) is 52.1. The fourth-order valence-corrected chi connectivity index (χ4v) is 22.3. The Morgan fingerprint density at radius 1 is 0.221 bits per heavy atom. The molecule has 0 atom stereocenters. The van der Waals surface area contributed by atoms with Crippen molar-refractivity contribution in [2.75, 3.05) is 26.4 Å². The van der Waals surface area contributed by atoms with E-state index in [1.54, 1.807) is 48.5 Å². The van der Waals surface area contributed by atoms with Crippen LogP contribution in [-0.4, -0.2) is 112 Å². The van der Waals surface area contributed by atoms with E-state index >= 15 is 0 Å². The smallest absolute Gasteiger partial charge is 0.341 e. The summed E-state index contributed by atoms with van der Waals surface area (Å²) in [7, 11) is 0. The third-order valence-electron chi connectivity index (χ3n) is 29.6. The van der Waals surface area contributed by atoms with Gasteiger partial charge in [0.1, 0.15) is 69.0 Å². The van der Waals surface area contributed by atoms with Gasteiger partial charge in [-0.15, -0.1) is 0 Å². The predicted molar refractivity (Wildman–Crippen MR) is 527 cm³/mol.